The minimum Gasteiger partial charge on any atom is -0.379 e. The number of rotatable bonds is 3. The quantitative estimate of drug-likeness (QED) is 0.817. The summed E-state index contributed by atoms with van der Waals surface area (Å²) in [5.41, 5.74) is 2.38. The van der Waals surface area contributed by atoms with E-state index in [0.29, 0.717) is 5.75 Å². The Hall–Kier alpha value is -1.88. The Morgan fingerprint density at radius 3 is 2.40 bits per heavy atom. The summed E-state index contributed by atoms with van der Waals surface area (Å²) in [5.74, 6) is -0.184. The molecule has 5 heteroatoms. The standard InChI is InChI=1S/C15H13FO3S/c16-13-5-8-15(9-6-13)20(17,18)19-14-7-4-11-2-1-3-12(11)10-14/h4-10H,1-3H2. The average molecular weight is 292 g/mol. The molecule has 0 N–H and O–H groups in total. The third-order valence-electron chi connectivity index (χ3n) is 3.38. The second-order valence-electron chi connectivity index (χ2n) is 4.78. The van der Waals surface area contributed by atoms with Crippen LogP contribution < -0.4 is 4.18 Å². The predicted octanol–water partition coefficient (Wildman–Crippen LogP) is 3.08. The molecule has 0 saturated heterocycles. The van der Waals surface area contributed by atoms with Crippen molar-refractivity contribution < 1.29 is 17.0 Å². The van der Waals surface area contributed by atoms with Gasteiger partial charge in [0.2, 0.25) is 0 Å². The molecule has 0 bridgehead atoms. The van der Waals surface area contributed by atoms with Gasteiger partial charge in [-0.05, 0) is 66.8 Å². The molecule has 0 unspecified atom stereocenters. The number of hydrogen-bond donors (Lipinski definition) is 0. The van der Waals surface area contributed by atoms with Crippen molar-refractivity contribution in [1.29, 1.82) is 0 Å². The molecule has 1 aliphatic carbocycles. The van der Waals surface area contributed by atoms with Crippen LogP contribution in [0.5, 0.6) is 5.75 Å². The molecule has 0 heterocycles. The van der Waals surface area contributed by atoms with Gasteiger partial charge in [-0.3, -0.25) is 0 Å². The Labute approximate surface area is 117 Å². The molecule has 0 atom stereocenters. The second-order valence-corrected chi connectivity index (χ2v) is 6.32. The van der Waals surface area contributed by atoms with Gasteiger partial charge in [-0.25, -0.2) is 4.39 Å². The number of halogens is 1. The Balaban J connectivity index is 1.88. The van der Waals surface area contributed by atoms with Crippen molar-refractivity contribution in [2.45, 2.75) is 24.2 Å². The average Bonchev–Trinajstić information content (AvgIpc) is 2.86. The summed E-state index contributed by atoms with van der Waals surface area (Å²) in [4.78, 5) is -0.0561. The largest absolute Gasteiger partial charge is 0.379 e. The first-order valence-electron chi connectivity index (χ1n) is 6.36. The van der Waals surface area contributed by atoms with Crippen LogP contribution >= 0.6 is 0 Å². The molecule has 0 saturated carbocycles. The van der Waals surface area contributed by atoms with E-state index < -0.39 is 15.9 Å². The van der Waals surface area contributed by atoms with Gasteiger partial charge < -0.3 is 4.18 Å². The number of benzene rings is 2. The van der Waals surface area contributed by atoms with Gasteiger partial charge in [-0.15, -0.1) is 0 Å². The van der Waals surface area contributed by atoms with Crippen LogP contribution in [-0.2, 0) is 23.0 Å². The zero-order valence-corrected chi connectivity index (χ0v) is 11.5. The van der Waals surface area contributed by atoms with Gasteiger partial charge in [0, 0.05) is 0 Å². The fourth-order valence-corrected chi connectivity index (χ4v) is 3.30. The van der Waals surface area contributed by atoms with Crippen molar-refractivity contribution in [1.82, 2.24) is 0 Å². The van der Waals surface area contributed by atoms with Gasteiger partial charge in [0.1, 0.15) is 16.5 Å². The van der Waals surface area contributed by atoms with E-state index in [4.69, 9.17) is 4.18 Å². The highest BCUT2D eigenvalue weighted by atomic mass is 32.2. The SMILES string of the molecule is O=S(=O)(Oc1ccc2c(c1)CCC2)c1ccc(F)cc1. The van der Waals surface area contributed by atoms with Crippen LogP contribution in [0.25, 0.3) is 0 Å². The number of aryl methyl sites for hydroxylation is 2. The highest BCUT2D eigenvalue weighted by molar-refractivity contribution is 7.87. The molecule has 2 aromatic rings. The molecule has 104 valence electrons. The van der Waals surface area contributed by atoms with Gasteiger partial charge in [0.05, 0.1) is 0 Å². The summed E-state index contributed by atoms with van der Waals surface area (Å²) in [6.45, 7) is 0. The van der Waals surface area contributed by atoms with Crippen molar-refractivity contribution in [3.05, 3.63) is 59.4 Å². The maximum atomic E-state index is 12.8. The van der Waals surface area contributed by atoms with Gasteiger partial charge in [-0.2, -0.15) is 8.42 Å². The fraction of sp³-hybridized carbons (Fsp3) is 0.200. The van der Waals surface area contributed by atoms with Crippen molar-refractivity contribution in [3.63, 3.8) is 0 Å². The minimum absolute atomic E-state index is 0.0561. The molecule has 0 radical (unpaired) electrons. The number of hydrogen-bond acceptors (Lipinski definition) is 3. The molecule has 20 heavy (non-hydrogen) atoms. The summed E-state index contributed by atoms with van der Waals surface area (Å²) >= 11 is 0. The van der Waals surface area contributed by atoms with Gasteiger partial charge in [0.25, 0.3) is 0 Å². The highest BCUT2D eigenvalue weighted by Gasteiger charge is 2.18. The van der Waals surface area contributed by atoms with Crippen LogP contribution in [0.2, 0.25) is 0 Å². The third-order valence-corrected chi connectivity index (χ3v) is 4.64. The zero-order chi connectivity index (χ0) is 14.2. The van der Waals surface area contributed by atoms with E-state index in [1.54, 1.807) is 12.1 Å². The molecule has 0 fully saturated rings. The Morgan fingerprint density at radius 2 is 1.65 bits per heavy atom. The van der Waals surface area contributed by atoms with E-state index in [1.807, 2.05) is 6.07 Å². The zero-order valence-electron chi connectivity index (χ0n) is 10.7. The van der Waals surface area contributed by atoms with Gasteiger partial charge >= 0.3 is 10.1 Å². The van der Waals surface area contributed by atoms with E-state index in [-0.39, 0.29) is 4.90 Å². The monoisotopic (exact) mass is 292 g/mol. The van der Waals surface area contributed by atoms with Crippen LogP contribution in [-0.4, -0.2) is 8.42 Å². The lowest BCUT2D eigenvalue weighted by Crippen LogP contribution is -2.09. The van der Waals surface area contributed by atoms with E-state index >= 15 is 0 Å². The van der Waals surface area contributed by atoms with Crippen LogP contribution in [0.15, 0.2) is 47.4 Å². The van der Waals surface area contributed by atoms with Crippen molar-refractivity contribution in [2.75, 3.05) is 0 Å². The first-order chi connectivity index (χ1) is 9.54. The van der Waals surface area contributed by atoms with Gasteiger partial charge in [-0.1, -0.05) is 6.07 Å². The summed E-state index contributed by atoms with van der Waals surface area (Å²) in [5, 5.41) is 0. The molecule has 3 rings (SSSR count). The first-order valence-corrected chi connectivity index (χ1v) is 7.77. The minimum atomic E-state index is -3.91. The first kappa shape index (κ1) is 13.1. The van der Waals surface area contributed by atoms with Crippen LogP contribution in [0.1, 0.15) is 17.5 Å². The topological polar surface area (TPSA) is 43.4 Å². The Bertz CT molecular complexity index is 736. The summed E-state index contributed by atoms with van der Waals surface area (Å²) in [6, 6.07) is 9.90. The molecule has 1 aliphatic rings. The highest BCUT2D eigenvalue weighted by Crippen LogP contribution is 2.27. The molecule has 3 nitrogen and oxygen atoms in total. The molecule has 2 aromatic carbocycles. The molecule has 0 amide bonds. The second kappa shape index (κ2) is 4.90. The maximum absolute atomic E-state index is 12.8. The molecule has 0 spiro atoms. The lowest BCUT2D eigenvalue weighted by Gasteiger charge is -2.08. The van der Waals surface area contributed by atoms with Crippen molar-refractivity contribution >= 4 is 10.1 Å². The van der Waals surface area contributed by atoms with Crippen molar-refractivity contribution in [2.24, 2.45) is 0 Å². The fourth-order valence-electron chi connectivity index (χ4n) is 2.38. The van der Waals surface area contributed by atoms with Crippen molar-refractivity contribution in [3.8, 4) is 5.75 Å². The number of fused-ring (bicyclic) bond motifs is 1. The van der Waals surface area contributed by atoms with Gasteiger partial charge in [0.15, 0.2) is 0 Å². The molecular formula is C15H13FO3S. The predicted molar refractivity (Wildman–Crippen MR) is 72.7 cm³/mol. The van der Waals surface area contributed by atoms with Crippen LogP contribution in [0.4, 0.5) is 4.39 Å². The maximum Gasteiger partial charge on any atom is 0.339 e. The lowest BCUT2D eigenvalue weighted by atomic mass is 10.1. The smallest absolute Gasteiger partial charge is 0.339 e. The third kappa shape index (κ3) is 2.54. The van der Waals surface area contributed by atoms with Crippen LogP contribution in [0.3, 0.4) is 0 Å². The molecule has 0 aromatic heterocycles. The van der Waals surface area contributed by atoms with E-state index in [2.05, 4.69) is 0 Å². The van der Waals surface area contributed by atoms with E-state index in [0.717, 1.165) is 37.0 Å². The van der Waals surface area contributed by atoms with E-state index in [9.17, 15) is 12.8 Å². The normalized spacial score (nSPS) is 14.1. The Morgan fingerprint density at radius 1 is 0.950 bits per heavy atom. The summed E-state index contributed by atoms with van der Waals surface area (Å²) in [6.07, 6.45) is 3.06. The molecular weight excluding hydrogens is 279 g/mol. The van der Waals surface area contributed by atoms with E-state index in [1.165, 1.54) is 17.7 Å². The summed E-state index contributed by atoms with van der Waals surface area (Å²) < 4.78 is 42.1. The van der Waals surface area contributed by atoms with Crippen LogP contribution in [0, 0.1) is 5.82 Å². The summed E-state index contributed by atoms with van der Waals surface area (Å²) in [7, 11) is -3.91. The lowest BCUT2D eigenvalue weighted by molar-refractivity contribution is 0.485. The molecule has 0 aliphatic heterocycles. The Kier molecular flexibility index (Phi) is 3.22.